The van der Waals surface area contributed by atoms with Crippen LogP contribution in [0.3, 0.4) is 0 Å². The summed E-state index contributed by atoms with van der Waals surface area (Å²) in [5, 5.41) is 13.6. The largest absolute Gasteiger partial charge is 0.306 e. The van der Waals surface area contributed by atoms with Crippen molar-refractivity contribution < 1.29 is 9.72 Å². The number of aromatic nitrogens is 2. The van der Waals surface area contributed by atoms with Gasteiger partial charge in [-0.1, -0.05) is 23.7 Å². The quantitative estimate of drug-likeness (QED) is 0.532. The lowest BCUT2D eigenvalue weighted by atomic mass is 10.1. The number of nitrogens with zero attached hydrogens (tertiary/aromatic N) is 3. The topological polar surface area (TPSA) is 98.0 Å². The SMILES string of the molecule is Cc1cccc([N+](=O)[O-])c1C(=O)Nc1cc(Cl)ncn1. The summed E-state index contributed by atoms with van der Waals surface area (Å²) in [6, 6.07) is 5.76. The van der Waals surface area contributed by atoms with E-state index in [0.29, 0.717) is 5.56 Å². The first kappa shape index (κ1) is 13.9. The monoisotopic (exact) mass is 292 g/mol. The van der Waals surface area contributed by atoms with Crippen molar-refractivity contribution in [3.8, 4) is 0 Å². The van der Waals surface area contributed by atoms with Crippen LogP contribution < -0.4 is 5.32 Å². The summed E-state index contributed by atoms with van der Waals surface area (Å²) in [5.74, 6) is -0.447. The van der Waals surface area contributed by atoms with E-state index in [1.807, 2.05) is 0 Å². The summed E-state index contributed by atoms with van der Waals surface area (Å²) in [4.78, 5) is 30.0. The average molecular weight is 293 g/mol. The fraction of sp³-hybridized carbons (Fsp3) is 0.0833. The number of aryl methyl sites for hydroxylation is 1. The van der Waals surface area contributed by atoms with Crippen LogP contribution in [0.25, 0.3) is 0 Å². The van der Waals surface area contributed by atoms with Gasteiger partial charge < -0.3 is 5.32 Å². The highest BCUT2D eigenvalue weighted by molar-refractivity contribution is 6.29. The third-order valence-corrected chi connectivity index (χ3v) is 2.76. The number of halogens is 1. The van der Waals surface area contributed by atoms with Crippen LogP contribution in [0.5, 0.6) is 0 Å². The molecule has 1 N–H and O–H groups in total. The van der Waals surface area contributed by atoms with Crippen molar-refractivity contribution in [3.05, 3.63) is 57.0 Å². The van der Waals surface area contributed by atoms with Gasteiger partial charge >= 0.3 is 0 Å². The normalized spacial score (nSPS) is 10.1. The molecule has 0 radical (unpaired) electrons. The number of nitro benzene ring substituents is 1. The predicted octanol–water partition coefficient (Wildman–Crippen LogP) is 2.60. The Bertz CT molecular complexity index is 690. The van der Waals surface area contributed by atoms with Crippen LogP contribution >= 0.6 is 11.6 Å². The molecule has 0 saturated carbocycles. The molecule has 0 fully saturated rings. The van der Waals surface area contributed by atoms with E-state index in [9.17, 15) is 14.9 Å². The number of amides is 1. The fourth-order valence-electron chi connectivity index (χ4n) is 1.68. The van der Waals surface area contributed by atoms with Crippen LogP contribution in [0.15, 0.2) is 30.6 Å². The van der Waals surface area contributed by atoms with Gasteiger partial charge in [-0.15, -0.1) is 0 Å². The molecule has 0 saturated heterocycles. The van der Waals surface area contributed by atoms with Crippen LogP contribution in [0.2, 0.25) is 5.15 Å². The first-order valence-corrected chi connectivity index (χ1v) is 5.89. The molecule has 0 aliphatic carbocycles. The molecule has 2 rings (SSSR count). The number of nitro groups is 1. The van der Waals surface area contributed by atoms with Gasteiger partial charge in [0, 0.05) is 12.1 Å². The maximum Gasteiger partial charge on any atom is 0.282 e. The Hall–Kier alpha value is -2.54. The second kappa shape index (κ2) is 5.62. The van der Waals surface area contributed by atoms with Gasteiger partial charge in [0.15, 0.2) is 0 Å². The standard InChI is InChI=1S/C12H9ClN4O3/c1-7-3-2-4-8(17(19)20)11(7)12(18)16-10-5-9(13)14-6-15-10/h2-6H,1H3,(H,14,15,16,18). The molecule has 20 heavy (non-hydrogen) atoms. The third-order valence-electron chi connectivity index (χ3n) is 2.55. The smallest absolute Gasteiger partial charge is 0.282 e. The van der Waals surface area contributed by atoms with Gasteiger partial charge in [0.05, 0.1) is 4.92 Å². The van der Waals surface area contributed by atoms with Gasteiger partial charge in [-0.2, -0.15) is 0 Å². The van der Waals surface area contributed by atoms with Gasteiger partial charge in [0.1, 0.15) is 22.9 Å². The molecule has 0 aliphatic heterocycles. The first-order chi connectivity index (χ1) is 9.49. The molecule has 1 aromatic carbocycles. The molecule has 0 aliphatic rings. The minimum atomic E-state index is -0.621. The summed E-state index contributed by atoms with van der Waals surface area (Å²) >= 11 is 5.68. The van der Waals surface area contributed by atoms with E-state index in [-0.39, 0.29) is 22.2 Å². The van der Waals surface area contributed by atoms with Crippen molar-refractivity contribution in [2.24, 2.45) is 0 Å². The van der Waals surface area contributed by atoms with E-state index in [2.05, 4.69) is 15.3 Å². The zero-order valence-corrected chi connectivity index (χ0v) is 11.1. The number of rotatable bonds is 3. The van der Waals surface area contributed by atoms with Gasteiger partial charge in [-0.25, -0.2) is 9.97 Å². The van der Waals surface area contributed by atoms with Crippen LogP contribution in [-0.4, -0.2) is 20.8 Å². The molecule has 1 amide bonds. The van der Waals surface area contributed by atoms with Gasteiger partial charge in [-0.3, -0.25) is 14.9 Å². The number of anilines is 1. The van der Waals surface area contributed by atoms with E-state index in [1.165, 1.54) is 24.5 Å². The lowest BCUT2D eigenvalue weighted by Gasteiger charge is -2.07. The van der Waals surface area contributed by atoms with E-state index < -0.39 is 10.8 Å². The zero-order chi connectivity index (χ0) is 14.7. The van der Waals surface area contributed by atoms with Crippen molar-refractivity contribution in [2.75, 3.05) is 5.32 Å². The second-order valence-corrected chi connectivity index (χ2v) is 4.29. The highest BCUT2D eigenvalue weighted by Crippen LogP contribution is 2.23. The molecular formula is C12H9ClN4O3. The maximum atomic E-state index is 12.2. The maximum absolute atomic E-state index is 12.2. The fourth-order valence-corrected chi connectivity index (χ4v) is 1.83. The first-order valence-electron chi connectivity index (χ1n) is 5.52. The van der Waals surface area contributed by atoms with Gasteiger partial charge in [0.25, 0.3) is 11.6 Å². The van der Waals surface area contributed by atoms with E-state index in [4.69, 9.17) is 11.6 Å². The molecule has 7 nitrogen and oxygen atoms in total. The lowest BCUT2D eigenvalue weighted by molar-refractivity contribution is -0.385. The molecular weight excluding hydrogens is 284 g/mol. The number of nitrogens with one attached hydrogen (secondary N) is 1. The Morgan fingerprint density at radius 2 is 2.15 bits per heavy atom. The van der Waals surface area contributed by atoms with Crippen LogP contribution in [0.4, 0.5) is 11.5 Å². The zero-order valence-electron chi connectivity index (χ0n) is 10.3. The van der Waals surface area contributed by atoms with Crippen LogP contribution in [0.1, 0.15) is 15.9 Å². The minimum Gasteiger partial charge on any atom is -0.306 e. The average Bonchev–Trinajstić information content (AvgIpc) is 2.38. The van der Waals surface area contributed by atoms with E-state index in [1.54, 1.807) is 13.0 Å². The lowest BCUT2D eigenvalue weighted by Crippen LogP contribution is -2.16. The molecule has 1 heterocycles. The number of benzene rings is 1. The highest BCUT2D eigenvalue weighted by Gasteiger charge is 2.22. The molecule has 0 bridgehead atoms. The van der Waals surface area contributed by atoms with Gasteiger partial charge in [-0.05, 0) is 12.5 Å². The second-order valence-electron chi connectivity index (χ2n) is 3.91. The highest BCUT2D eigenvalue weighted by atomic mass is 35.5. The summed E-state index contributed by atoms with van der Waals surface area (Å²) < 4.78 is 0. The third kappa shape index (κ3) is 2.89. The van der Waals surface area contributed by atoms with Crippen molar-refractivity contribution >= 4 is 29.0 Å². The summed E-state index contributed by atoms with van der Waals surface area (Å²) in [5.41, 5.74) is 0.228. The molecule has 0 atom stereocenters. The molecule has 0 spiro atoms. The van der Waals surface area contributed by atoms with Crippen LogP contribution in [0, 0.1) is 17.0 Å². The van der Waals surface area contributed by atoms with E-state index in [0.717, 1.165) is 0 Å². The number of hydrogen-bond donors (Lipinski definition) is 1. The Morgan fingerprint density at radius 1 is 1.40 bits per heavy atom. The Kier molecular flexibility index (Phi) is 3.90. The van der Waals surface area contributed by atoms with Crippen molar-refractivity contribution in [1.82, 2.24) is 9.97 Å². The molecule has 102 valence electrons. The van der Waals surface area contributed by atoms with Crippen molar-refractivity contribution in [1.29, 1.82) is 0 Å². The van der Waals surface area contributed by atoms with Gasteiger partial charge in [0.2, 0.25) is 0 Å². The Labute approximate surface area is 118 Å². The number of carbonyl (C=O) groups excluding carboxylic acids is 1. The molecule has 0 unspecified atom stereocenters. The predicted molar refractivity (Wildman–Crippen MR) is 72.8 cm³/mol. The Morgan fingerprint density at radius 3 is 2.80 bits per heavy atom. The van der Waals surface area contributed by atoms with E-state index >= 15 is 0 Å². The summed E-state index contributed by atoms with van der Waals surface area (Å²) in [6.07, 6.45) is 1.18. The molecule has 2 aromatic rings. The van der Waals surface area contributed by atoms with Crippen molar-refractivity contribution in [2.45, 2.75) is 6.92 Å². The van der Waals surface area contributed by atoms with Crippen molar-refractivity contribution in [3.63, 3.8) is 0 Å². The number of hydrogen-bond acceptors (Lipinski definition) is 5. The Balaban J connectivity index is 2.37. The summed E-state index contributed by atoms with van der Waals surface area (Å²) in [6.45, 7) is 1.62. The minimum absolute atomic E-state index is 0.00719. The summed E-state index contributed by atoms with van der Waals surface area (Å²) in [7, 11) is 0. The molecule has 8 heteroatoms. The molecule has 1 aromatic heterocycles. The van der Waals surface area contributed by atoms with Crippen LogP contribution in [-0.2, 0) is 0 Å². The number of carbonyl (C=O) groups is 1.